The Morgan fingerprint density at radius 1 is 1.38 bits per heavy atom. The van der Waals surface area contributed by atoms with E-state index in [0.29, 0.717) is 22.7 Å². The normalized spacial score (nSPS) is 25.9. The van der Waals surface area contributed by atoms with Crippen LogP contribution >= 0.6 is 11.6 Å². The van der Waals surface area contributed by atoms with Gasteiger partial charge in [-0.25, -0.2) is 0 Å². The van der Waals surface area contributed by atoms with E-state index in [2.05, 4.69) is 22.5 Å². The van der Waals surface area contributed by atoms with Gasteiger partial charge in [-0.3, -0.25) is 9.69 Å². The third-order valence-electron chi connectivity index (χ3n) is 4.45. The van der Waals surface area contributed by atoms with Crippen molar-refractivity contribution in [2.45, 2.75) is 44.3 Å². The lowest BCUT2D eigenvalue weighted by Gasteiger charge is -2.20. The number of hydrogen-bond acceptors (Lipinski definition) is 3. The summed E-state index contributed by atoms with van der Waals surface area (Å²) in [4.78, 5) is 14.4. The van der Waals surface area contributed by atoms with Crippen molar-refractivity contribution in [3.8, 4) is 0 Å². The Kier molecular flexibility index (Phi) is 4.09. The predicted octanol–water partition coefficient (Wildman–Crippen LogP) is 2.74. The van der Waals surface area contributed by atoms with Crippen molar-refractivity contribution < 1.29 is 4.79 Å². The van der Waals surface area contributed by atoms with Crippen molar-refractivity contribution in [3.05, 3.63) is 28.8 Å². The van der Waals surface area contributed by atoms with Crippen molar-refractivity contribution in [1.29, 1.82) is 0 Å². The fraction of sp³-hybridized carbons (Fsp3) is 0.562. The number of rotatable bonds is 4. The first-order valence-electron chi connectivity index (χ1n) is 7.62. The van der Waals surface area contributed by atoms with Gasteiger partial charge in [0.1, 0.15) is 0 Å². The topological polar surface area (TPSA) is 44.4 Å². The average Bonchev–Trinajstić information content (AvgIpc) is 3.24. The number of anilines is 1. The molecule has 1 saturated heterocycles. The first-order chi connectivity index (χ1) is 10.1. The molecule has 1 aromatic rings. The summed E-state index contributed by atoms with van der Waals surface area (Å²) < 4.78 is 0. The van der Waals surface area contributed by atoms with Crippen molar-refractivity contribution >= 4 is 23.2 Å². The molecule has 2 N–H and O–H groups in total. The summed E-state index contributed by atoms with van der Waals surface area (Å²) in [5, 5.41) is 6.66. The first kappa shape index (κ1) is 14.7. The Labute approximate surface area is 130 Å². The summed E-state index contributed by atoms with van der Waals surface area (Å²) in [6, 6.07) is 7.45. The van der Waals surface area contributed by atoms with Crippen molar-refractivity contribution in [3.63, 3.8) is 0 Å². The van der Waals surface area contributed by atoms with Crippen LogP contribution in [0.3, 0.4) is 0 Å². The molecule has 21 heavy (non-hydrogen) atoms. The number of benzene rings is 1. The number of carbonyl (C=O) groups is 1. The van der Waals surface area contributed by atoms with Gasteiger partial charge in [-0.1, -0.05) is 11.6 Å². The van der Waals surface area contributed by atoms with Crippen molar-refractivity contribution in [2.75, 3.05) is 18.9 Å². The van der Waals surface area contributed by atoms with Gasteiger partial charge in [0, 0.05) is 37.4 Å². The van der Waals surface area contributed by atoms with Crippen molar-refractivity contribution in [1.82, 2.24) is 10.2 Å². The molecule has 0 radical (unpaired) electrons. The summed E-state index contributed by atoms with van der Waals surface area (Å²) in [6.07, 6.45) is 3.84. The Balaban J connectivity index is 1.69. The molecule has 1 heterocycles. The van der Waals surface area contributed by atoms with Crippen LogP contribution in [0.2, 0.25) is 5.02 Å². The fourth-order valence-electron chi connectivity index (χ4n) is 3.24. The first-order valence-corrected chi connectivity index (χ1v) is 8.00. The van der Waals surface area contributed by atoms with Gasteiger partial charge in [-0.2, -0.15) is 0 Å². The van der Waals surface area contributed by atoms with Crippen LogP contribution in [-0.4, -0.2) is 42.5 Å². The molecule has 114 valence electrons. The maximum absolute atomic E-state index is 11.8. The van der Waals surface area contributed by atoms with E-state index >= 15 is 0 Å². The molecule has 0 aromatic heterocycles. The van der Waals surface area contributed by atoms with E-state index < -0.39 is 0 Å². The van der Waals surface area contributed by atoms with E-state index in [4.69, 9.17) is 11.6 Å². The lowest BCUT2D eigenvalue weighted by molar-refractivity contribution is 0.0963. The number of halogens is 1. The molecule has 2 aliphatic rings. The minimum Gasteiger partial charge on any atom is -0.381 e. The van der Waals surface area contributed by atoms with Crippen LogP contribution in [0.5, 0.6) is 0 Å². The molecule has 1 saturated carbocycles. The van der Waals surface area contributed by atoms with Crippen LogP contribution in [0.15, 0.2) is 18.2 Å². The summed E-state index contributed by atoms with van der Waals surface area (Å²) in [6.45, 7) is 3.39. The maximum atomic E-state index is 11.8. The van der Waals surface area contributed by atoms with E-state index in [0.717, 1.165) is 24.7 Å². The van der Waals surface area contributed by atoms with Gasteiger partial charge >= 0.3 is 0 Å². The van der Waals surface area contributed by atoms with Gasteiger partial charge in [-0.15, -0.1) is 0 Å². The number of nitrogens with one attached hydrogen (secondary N) is 2. The molecule has 1 amide bonds. The number of likely N-dealkylation sites (tertiary alicyclic amines) is 1. The molecule has 2 atom stereocenters. The Morgan fingerprint density at radius 2 is 2.14 bits per heavy atom. The second kappa shape index (κ2) is 5.85. The van der Waals surface area contributed by atoms with Gasteiger partial charge in [0.25, 0.3) is 5.91 Å². The van der Waals surface area contributed by atoms with Crippen LogP contribution in [0, 0.1) is 0 Å². The van der Waals surface area contributed by atoms with Crippen molar-refractivity contribution in [2.24, 2.45) is 0 Å². The molecule has 3 rings (SSSR count). The molecule has 2 fully saturated rings. The molecule has 4 nitrogen and oxygen atoms in total. The van der Waals surface area contributed by atoms with Gasteiger partial charge in [0.2, 0.25) is 0 Å². The molecule has 0 spiro atoms. The molecule has 0 bridgehead atoms. The number of hydrogen-bond donors (Lipinski definition) is 2. The predicted molar refractivity (Wildman–Crippen MR) is 86.1 cm³/mol. The molecular weight excluding hydrogens is 286 g/mol. The SMILES string of the molecule is CNC(=O)c1cc(NC2CC(C)N(C3CC3)C2)ccc1Cl. The molecule has 1 aromatic carbocycles. The summed E-state index contributed by atoms with van der Waals surface area (Å²) in [7, 11) is 1.62. The Bertz CT molecular complexity index is 544. The van der Waals surface area contributed by atoms with Crippen LogP contribution in [0.25, 0.3) is 0 Å². The number of nitrogens with zero attached hydrogens (tertiary/aromatic N) is 1. The highest BCUT2D eigenvalue weighted by atomic mass is 35.5. The summed E-state index contributed by atoms with van der Waals surface area (Å²) in [5.74, 6) is -0.150. The number of amides is 1. The second-order valence-corrected chi connectivity index (χ2v) is 6.53. The highest BCUT2D eigenvalue weighted by Gasteiger charge is 2.38. The zero-order valence-electron chi connectivity index (χ0n) is 12.5. The third-order valence-corrected chi connectivity index (χ3v) is 4.78. The third kappa shape index (κ3) is 3.16. The van der Waals surface area contributed by atoms with Gasteiger partial charge in [0.15, 0.2) is 0 Å². The Morgan fingerprint density at radius 3 is 2.81 bits per heavy atom. The average molecular weight is 308 g/mol. The Hall–Kier alpha value is -1.26. The number of carbonyl (C=O) groups excluding carboxylic acids is 1. The highest BCUT2D eigenvalue weighted by molar-refractivity contribution is 6.34. The van der Waals surface area contributed by atoms with E-state index in [1.54, 1.807) is 13.1 Å². The van der Waals surface area contributed by atoms with Crippen LogP contribution in [-0.2, 0) is 0 Å². The quantitative estimate of drug-likeness (QED) is 0.899. The smallest absolute Gasteiger partial charge is 0.252 e. The molecule has 5 heteroatoms. The van der Waals surface area contributed by atoms with Crippen LogP contribution in [0.1, 0.15) is 36.5 Å². The molecule has 2 unspecified atom stereocenters. The lowest BCUT2D eigenvalue weighted by Crippen LogP contribution is -2.31. The lowest BCUT2D eigenvalue weighted by atomic mass is 10.1. The maximum Gasteiger partial charge on any atom is 0.252 e. The van der Waals surface area contributed by atoms with Crippen LogP contribution in [0.4, 0.5) is 5.69 Å². The standard InChI is InChI=1S/C16H22ClN3O/c1-10-7-12(9-20(10)13-4-5-13)19-11-3-6-15(17)14(8-11)16(21)18-2/h3,6,8,10,12-13,19H,4-5,7,9H2,1-2H3,(H,18,21). The fourth-order valence-corrected chi connectivity index (χ4v) is 3.44. The molecule has 1 aliphatic heterocycles. The summed E-state index contributed by atoms with van der Waals surface area (Å²) >= 11 is 6.09. The highest BCUT2D eigenvalue weighted by Crippen LogP contribution is 2.34. The van der Waals surface area contributed by atoms with Gasteiger partial charge in [0.05, 0.1) is 10.6 Å². The van der Waals surface area contributed by atoms with Gasteiger partial charge in [-0.05, 0) is 44.4 Å². The largest absolute Gasteiger partial charge is 0.381 e. The monoisotopic (exact) mass is 307 g/mol. The minimum absolute atomic E-state index is 0.150. The summed E-state index contributed by atoms with van der Waals surface area (Å²) in [5.41, 5.74) is 1.49. The second-order valence-electron chi connectivity index (χ2n) is 6.13. The zero-order chi connectivity index (χ0) is 15.0. The minimum atomic E-state index is -0.150. The molecular formula is C16H22ClN3O. The van der Waals surface area contributed by atoms with E-state index in [9.17, 15) is 4.79 Å². The van der Waals surface area contributed by atoms with E-state index in [1.165, 1.54) is 12.8 Å². The zero-order valence-corrected chi connectivity index (χ0v) is 13.3. The van der Waals surface area contributed by atoms with E-state index in [-0.39, 0.29) is 5.91 Å². The van der Waals surface area contributed by atoms with E-state index in [1.807, 2.05) is 12.1 Å². The van der Waals surface area contributed by atoms with Gasteiger partial charge < -0.3 is 10.6 Å². The van der Waals surface area contributed by atoms with Crippen LogP contribution < -0.4 is 10.6 Å². The molecule has 1 aliphatic carbocycles.